The number of fused-ring (bicyclic) bond motifs is 1. The predicted molar refractivity (Wildman–Crippen MR) is 47.1 cm³/mol. The molecule has 2 heterocycles. The molecule has 2 aliphatic rings. The Morgan fingerprint density at radius 3 is 3.17 bits per heavy atom. The van der Waals surface area contributed by atoms with Crippen LogP contribution in [0.1, 0.15) is 0 Å². The van der Waals surface area contributed by atoms with Gasteiger partial charge in [-0.2, -0.15) is 4.99 Å². The zero-order valence-corrected chi connectivity index (χ0v) is 7.03. The molecule has 0 saturated heterocycles. The summed E-state index contributed by atoms with van der Waals surface area (Å²) in [6.07, 6.45) is 7.32. The van der Waals surface area contributed by atoms with Crippen LogP contribution in [0.5, 0.6) is 0 Å². The van der Waals surface area contributed by atoms with E-state index < -0.39 is 0 Å². The lowest BCUT2D eigenvalue weighted by molar-refractivity contribution is -0.119. The maximum absolute atomic E-state index is 11.2. The lowest BCUT2D eigenvalue weighted by Crippen LogP contribution is -2.35. The fourth-order valence-electron chi connectivity index (χ4n) is 1.25. The lowest BCUT2D eigenvalue weighted by Gasteiger charge is -2.20. The van der Waals surface area contributed by atoms with Crippen molar-refractivity contribution < 1.29 is 4.79 Å². The van der Waals surface area contributed by atoms with E-state index in [1.54, 1.807) is 11.0 Å². The fraction of sp³-hybridized carbons (Fsp3) is 0.250. The van der Waals surface area contributed by atoms with Gasteiger partial charge in [0.2, 0.25) is 0 Å². The minimum absolute atomic E-state index is 0.156. The Labute approximate surface area is 75.0 Å². The number of carbonyl (C=O) groups is 1. The number of hydrogen-bond donors (Lipinski definition) is 0. The van der Waals surface area contributed by atoms with Crippen molar-refractivity contribution in [3.8, 4) is 0 Å². The van der Waals surface area contributed by atoms with E-state index in [-0.39, 0.29) is 17.8 Å². The molecule has 0 N–H and O–H groups in total. The average molecular weight is 183 g/mol. The van der Waals surface area contributed by atoms with Gasteiger partial charge in [0.05, 0.1) is 5.88 Å². The Hall–Kier alpha value is -1.09. The van der Waals surface area contributed by atoms with Gasteiger partial charge in [-0.25, -0.2) is 0 Å². The first-order chi connectivity index (χ1) is 5.83. The SMILES string of the molecule is O=C1N=C2C=CC=CN2[C@@H]1CCl. The van der Waals surface area contributed by atoms with Gasteiger partial charge in [0.25, 0.3) is 5.91 Å². The molecule has 1 atom stereocenters. The number of alkyl halides is 1. The number of amidine groups is 1. The highest BCUT2D eigenvalue weighted by Gasteiger charge is 2.32. The summed E-state index contributed by atoms with van der Waals surface area (Å²) in [5.74, 6) is 0.814. The molecule has 0 unspecified atom stereocenters. The topological polar surface area (TPSA) is 32.7 Å². The van der Waals surface area contributed by atoms with Gasteiger partial charge in [0, 0.05) is 6.20 Å². The largest absolute Gasteiger partial charge is 0.319 e. The summed E-state index contributed by atoms with van der Waals surface area (Å²) >= 11 is 5.63. The molecule has 0 saturated carbocycles. The first kappa shape index (κ1) is 7.55. The van der Waals surface area contributed by atoms with Crippen LogP contribution >= 0.6 is 11.6 Å². The Morgan fingerprint density at radius 1 is 1.58 bits per heavy atom. The molecule has 0 fully saturated rings. The monoisotopic (exact) mass is 182 g/mol. The standard InChI is InChI=1S/C8H7ClN2O/c9-5-6-8(12)10-7-3-1-2-4-11(6)7/h1-4,6H,5H2/t6-/m1/s1. The van der Waals surface area contributed by atoms with E-state index in [2.05, 4.69) is 4.99 Å². The summed E-state index contributed by atoms with van der Waals surface area (Å²) in [4.78, 5) is 16.8. The van der Waals surface area contributed by atoms with Crippen LogP contribution in [0.4, 0.5) is 0 Å². The second-order valence-electron chi connectivity index (χ2n) is 2.59. The first-order valence-electron chi connectivity index (χ1n) is 3.64. The van der Waals surface area contributed by atoms with E-state index >= 15 is 0 Å². The summed E-state index contributed by atoms with van der Waals surface area (Å²) in [7, 11) is 0. The summed E-state index contributed by atoms with van der Waals surface area (Å²) in [6, 6.07) is -0.303. The van der Waals surface area contributed by atoms with Crippen molar-refractivity contribution >= 4 is 23.3 Å². The van der Waals surface area contributed by atoms with E-state index in [4.69, 9.17) is 11.6 Å². The van der Waals surface area contributed by atoms with Crippen molar-refractivity contribution in [3.63, 3.8) is 0 Å². The zero-order chi connectivity index (χ0) is 8.55. The van der Waals surface area contributed by atoms with E-state index in [1.165, 1.54) is 0 Å². The lowest BCUT2D eigenvalue weighted by atomic mass is 10.2. The van der Waals surface area contributed by atoms with Crippen molar-refractivity contribution in [2.24, 2.45) is 4.99 Å². The molecule has 0 aromatic rings. The molecule has 0 aromatic heterocycles. The van der Waals surface area contributed by atoms with Crippen molar-refractivity contribution in [1.29, 1.82) is 0 Å². The predicted octanol–water partition coefficient (Wildman–Crippen LogP) is 0.918. The summed E-state index contributed by atoms with van der Waals surface area (Å²) < 4.78 is 0. The van der Waals surface area contributed by atoms with Gasteiger partial charge in [0.1, 0.15) is 11.9 Å². The Bertz CT molecular complexity index is 306. The van der Waals surface area contributed by atoms with Gasteiger partial charge in [0.15, 0.2) is 0 Å². The number of carbonyl (C=O) groups excluding carboxylic acids is 1. The van der Waals surface area contributed by atoms with Crippen LogP contribution in [0.2, 0.25) is 0 Å². The van der Waals surface area contributed by atoms with Crippen LogP contribution in [-0.4, -0.2) is 28.6 Å². The third-order valence-electron chi connectivity index (χ3n) is 1.86. The Morgan fingerprint density at radius 2 is 2.42 bits per heavy atom. The van der Waals surface area contributed by atoms with Crippen molar-refractivity contribution in [1.82, 2.24) is 4.90 Å². The Balaban J connectivity index is 2.33. The maximum atomic E-state index is 11.2. The van der Waals surface area contributed by atoms with Crippen LogP contribution in [0, 0.1) is 0 Å². The molecule has 12 heavy (non-hydrogen) atoms. The molecule has 2 aliphatic heterocycles. The molecule has 0 bridgehead atoms. The van der Waals surface area contributed by atoms with Crippen molar-refractivity contribution in [3.05, 3.63) is 24.4 Å². The maximum Gasteiger partial charge on any atom is 0.271 e. The van der Waals surface area contributed by atoms with E-state index in [0.29, 0.717) is 5.84 Å². The second kappa shape index (κ2) is 2.75. The van der Waals surface area contributed by atoms with Gasteiger partial charge < -0.3 is 4.90 Å². The number of halogens is 1. The van der Waals surface area contributed by atoms with E-state index in [9.17, 15) is 4.79 Å². The first-order valence-corrected chi connectivity index (χ1v) is 4.18. The van der Waals surface area contributed by atoms with Gasteiger partial charge in [-0.05, 0) is 12.2 Å². The quantitative estimate of drug-likeness (QED) is 0.565. The van der Waals surface area contributed by atoms with Crippen LogP contribution in [0.3, 0.4) is 0 Å². The normalized spacial score (nSPS) is 26.1. The van der Waals surface area contributed by atoms with Crippen LogP contribution in [0.15, 0.2) is 29.4 Å². The van der Waals surface area contributed by atoms with Gasteiger partial charge >= 0.3 is 0 Å². The molecule has 1 amide bonds. The number of allylic oxidation sites excluding steroid dienone is 2. The van der Waals surface area contributed by atoms with Crippen molar-refractivity contribution in [2.75, 3.05) is 5.88 Å². The number of hydrogen-bond acceptors (Lipinski definition) is 2. The molecular formula is C8H7ClN2O. The van der Waals surface area contributed by atoms with Gasteiger partial charge in [-0.3, -0.25) is 4.79 Å². The molecule has 4 heteroatoms. The molecule has 0 radical (unpaired) electrons. The smallest absolute Gasteiger partial charge is 0.271 e. The third kappa shape index (κ3) is 0.975. The van der Waals surface area contributed by atoms with Crippen molar-refractivity contribution in [2.45, 2.75) is 6.04 Å². The average Bonchev–Trinajstić information content (AvgIpc) is 2.40. The number of aliphatic imine (C=N–C) groups is 1. The van der Waals surface area contributed by atoms with Crippen LogP contribution in [-0.2, 0) is 4.79 Å². The molecule has 62 valence electrons. The minimum atomic E-state index is -0.303. The van der Waals surface area contributed by atoms with Gasteiger partial charge in [-0.15, -0.1) is 11.6 Å². The minimum Gasteiger partial charge on any atom is -0.319 e. The highest BCUT2D eigenvalue weighted by Crippen LogP contribution is 2.17. The molecular weight excluding hydrogens is 176 g/mol. The molecule has 3 nitrogen and oxygen atoms in total. The van der Waals surface area contributed by atoms with Crippen LogP contribution in [0.25, 0.3) is 0 Å². The number of rotatable bonds is 1. The molecule has 0 spiro atoms. The molecule has 2 rings (SSSR count). The van der Waals surface area contributed by atoms with E-state index in [0.717, 1.165) is 0 Å². The number of nitrogens with zero attached hydrogens (tertiary/aromatic N) is 2. The summed E-state index contributed by atoms with van der Waals surface area (Å²) in [5, 5.41) is 0. The third-order valence-corrected chi connectivity index (χ3v) is 2.15. The van der Waals surface area contributed by atoms with Gasteiger partial charge in [-0.1, -0.05) is 6.08 Å². The molecule has 0 aliphatic carbocycles. The van der Waals surface area contributed by atoms with Crippen LogP contribution < -0.4 is 0 Å². The second-order valence-corrected chi connectivity index (χ2v) is 2.89. The zero-order valence-electron chi connectivity index (χ0n) is 6.27. The fourth-order valence-corrected chi connectivity index (χ4v) is 1.53. The Kier molecular flexibility index (Phi) is 1.73. The summed E-state index contributed by atoms with van der Waals surface area (Å²) in [6.45, 7) is 0. The van der Waals surface area contributed by atoms with E-state index in [1.807, 2.05) is 18.4 Å². The highest BCUT2D eigenvalue weighted by molar-refractivity contribution is 6.22. The highest BCUT2D eigenvalue weighted by atomic mass is 35.5. The number of amides is 1. The summed E-state index contributed by atoms with van der Waals surface area (Å²) in [5.41, 5.74) is 0. The molecule has 0 aromatic carbocycles.